The molecule has 0 saturated heterocycles. The Morgan fingerprint density at radius 1 is 0.941 bits per heavy atom. The molecular weight excluding hydrogens is 212 g/mol. The number of hydrogen-bond acceptors (Lipinski definition) is 2. The summed E-state index contributed by atoms with van der Waals surface area (Å²) in [6.07, 6.45) is 0. The van der Waals surface area contributed by atoms with E-state index in [1.165, 1.54) is 5.56 Å². The van der Waals surface area contributed by atoms with Gasteiger partial charge in [-0.2, -0.15) is 0 Å². The van der Waals surface area contributed by atoms with Crippen molar-refractivity contribution in [1.29, 1.82) is 0 Å². The maximum Gasteiger partial charge on any atom is 0.124 e. The van der Waals surface area contributed by atoms with Gasteiger partial charge in [-0.05, 0) is 44.4 Å². The number of ether oxygens (including phenoxy) is 2. The summed E-state index contributed by atoms with van der Waals surface area (Å²) in [6.45, 7) is 12.7. The first kappa shape index (κ1) is 13.9. The predicted molar refractivity (Wildman–Crippen MR) is 72.1 cm³/mol. The molecule has 0 aliphatic rings. The van der Waals surface area contributed by atoms with E-state index >= 15 is 0 Å². The Hall–Kier alpha value is -1.18. The zero-order valence-corrected chi connectivity index (χ0v) is 12.0. The number of rotatable bonds is 2. The van der Waals surface area contributed by atoms with Crippen LogP contribution in [-0.4, -0.2) is 12.7 Å². The molecule has 0 aromatic heterocycles. The van der Waals surface area contributed by atoms with Crippen molar-refractivity contribution in [3.05, 3.63) is 23.8 Å². The number of methoxy groups -OCH3 is 1. The summed E-state index contributed by atoms with van der Waals surface area (Å²) < 4.78 is 11.3. The molecular formula is C15H24O2. The van der Waals surface area contributed by atoms with Crippen LogP contribution in [0.3, 0.4) is 0 Å². The molecule has 2 nitrogen and oxygen atoms in total. The first-order valence-electron chi connectivity index (χ1n) is 6.01. The SMILES string of the molecule is COc1ccc(OC(C)(C)C)c(C(C)(C)C)c1. The van der Waals surface area contributed by atoms with Crippen molar-refractivity contribution in [1.82, 2.24) is 0 Å². The second-order valence-corrected chi connectivity index (χ2v) is 6.33. The molecule has 1 aromatic carbocycles. The highest BCUT2D eigenvalue weighted by Crippen LogP contribution is 2.35. The maximum absolute atomic E-state index is 6.00. The summed E-state index contributed by atoms with van der Waals surface area (Å²) in [4.78, 5) is 0. The van der Waals surface area contributed by atoms with Crippen LogP contribution in [0.2, 0.25) is 0 Å². The van der Waals surface area contributed by atoms with Gasteiger partial charge < -0.3 is 9.47 Å². The van der Waals surface area contributed by atoms with Crippen LogP contribution in [0, 0.1) is 0 Å². The van der Waals surface area contributed by atoms with Gasteiger partial charge in [0.05, 0.1) is 7.11 Å². The summed E-state index contributed by atoms with van der Waals surface area (Å²) in [5.74, 6) is 1.81. The van der Waals surface area contributed by atoms with Crippen LogP contribution in [0.15, 0.2) is 18.2 Å². The molecule has 0 unspecified atom stereocenters. The average molecular weight is 236 g/mol. The molecule has 1 rings (SSSR count). The van der Waals surface area contributed by atoms with Gasteiger partial charge in [-0.25, -0.2) is 0 Å². The zero-order chi connectivity index (χ0) is 13.3. The average Bonchev–Trinajstić information content (AvgIpc) is 2.14. The molecule has 0 fully saturated rings. The zero-order valence-electron chi connectivity index (χ0n) is 12.0. The van der Waals surface area contributed by atoms with E-state index in [1.54, 1.807) is 7.11 Å². The fourth-order valence-corrected chi connectivity index (χ4v) is 1.64. The quantitative estimate of drug-likeness (QED) is 0.767. The summed E-state index contributed by atoms with van der Waals surface area (Å²) >= 11 is 0. The Labute approximate surface area is 105 Å². The predicted octanol–water partition coefficient (Wildman–Crippen LogP) is 4.17. The lowest BCUT2D eigenvalue weighted by molar-refractivity contribution is 0.127. The van der Waals surface area contributed by atoms with Crippen molar-refractivity contribution in [2.24, 2.45) is 0 Å². The molecule has 0 bridgehead atoms. The van der Waals surface area contributed by atoms with Gasteiger partial charge >= 0.3 is 0 Å². The van der Waals surface area contributed by atoms with Crippen LogP contribution in [0.5, 0.6) is 11.5 Å². The standard InChI is InChI=1S/C15H24O2/c1-14(2,3)12-10-11(16-7)8-9-13(12)17-15(4,5)6/h8-10H,1-7H3. The van der Waals surface area contributed by atoms with E-state index in [9.17, 15) is 0 Å². The summed E-state index contributed by atoms with van der Waals surface area (Å²) in [5.41, 5.74) is 1.02. The lowest BCUT2D eigenvalue weighted by Crippen LogP contribution is -2.25. The normalized spacial score (nSPS) is 12.4. The Bertz CT molecular complexity index is 381. The minimum absolute atomic E-state index is 0.0368. The van der Waals surface area contributed by atoms with E-state index in [0.29, 0.717) is 0 Å². The minimum Gasteiger partial charge on any atom is -0.497 e. The largest absolute Gasteiger partial charge is 0.497 e. The second-order valence-electron chi connectivity index (χ2n) is 6.33. The highest BCUT2D eigenvalue weighted by Gasteiger charge is 2.22. The van der Waals surface area contributed by atoms with Crippen LogP contribution in [0.4, 0.5) is 0 Å². The van der Waals surface area contributed by atoms with Gasteiger partial charge in [0.25, 0.3) is 0 Å². The molecule has 0 aliphatic carbocycles. The fourth-order valence-electron chi connectivity index (χ4n) is 1.64. The molecule has 0 atom stereocenters. The van der Waals surface area contributed by atoms with Crippen molar-refractivity contribution in [2.75, 3.05) is 7.11 Å². The topological polar surface area (TPSA) is 18.5 Å². The smallest absolute Gasteiger partial charge is 0.124 e. The third-order valence-corrected chi connectivity index (χ3v) is 2.41. The van der Waals surface area contributed by atoms with E-state index < -0.39 is 0 Å². The van der Waals surface area contributed by atoms with Gasteiger partial charge in [0.15, 0.2) is 0 Å². The molecule has 17 heavy (non-hydrogen) atoms. The lowest BCUT2D eigenvalue weighted by Gasteiger charge is -2.28. The van der Waals surface area contributed by atoms with Gasteiger partial charge in [0, 0.05) is 5.56 Å². The Kier molecular flexibility index (Phi) is 3.75. The monoisotopic (exact) mass is 236 g/mol. The van der Waals surface area contributed by atoms with Crippen LogP contribution in [-0.2, 0) is 5.41 Å². The third-order valence-electron chi connectivity index (χ3n) is 2.41. The lowest BCUT2D eigenvalue weighted by atomic mass is 9.86. The van der Waals surface area contributed by atoms with Crippen LogP contribution in [0.1, 0.15) is 47.1 Å². The van der Waals surface area contributed by atoms with E-state index in [2.05, 4.69) is 47.6 Å². The van der Waals surface area contributed by atoms with Crippen molar-refractivity contribution < 1.29 is 9.47 Å². The van der Waals surface area contributed by atoms with Gasteiger partial charge in [0.2, 0.25) is 0 Å². The van der Waals surface area contributed by atoms with Gasteiger partial charge in [-0.3, -0.25) is 0 Å². The summed E-state index contributed by atoms with van der Waals surface area (Å²) in [5, 5.41) is 0. The third kappa shape index (κ3) is 3.95. The highest BCUT2D eigenvalue weighted by molar-refractivity contribution is 5.44. The molecule has 0 aliphatic heterocycles. The molecule has 96 valence electrons. The van der Waals surface area contributed by atoms with Crippen molar-refractivity contribution in [3.63, 3.8) is 0 Å². The maximum atomic E-state index is 6.00. The van der Waals surface area contributed by atoms with Gasteiger partial charge in [-0.15, -0.1) is 0 Å². The Morgan fingerprint density at radius 2 is 1.53 bits per heavy atom. The Morgan fingerprint density at radius 3 is 1.94 bits per heavy atom. The minimum atomic E-state index is -0.186. The molecule has 2 heteroatoms. The van der Waals surface area contributed by atoms with Crippen LogP contribution < -0.4 is 9.47 Å². The molecule has 0 heterocycles. The summed E-state index contributed by atoms with van der Waals surface area (Å²) in [7, 11) is 1.69. The van der Waals surface area contributed by atoms with Crippen LogP contribution in [0.25, 0.3) is 0 Å². The molecule has 0 N–H and O–H groups in total. The van der Waals surface area contributed by atoms with Crippen molar-refractivity contribution in [2.45, 2.75) is 52.6 Å². The van der Waals surface area contributed by atoms with Crippen molar-refractivity contribution >= 4 is 0 Å². The number of hydrogen-bond donors (Lipinski definition) is 0. The van der Waals surface area contributed by atoms with Gasteiger partial charge in [-0.1, -0.05) is 20.8 Å². The molecule has 0 amide bonds. The Balaban J connectivity index is 3.21. The highest BCUT2D eigenvalue weighted by atomic mass is 16.5. The van der Waals surface area contributed by atoms with Crippen LogP contribution >= 0.6 is 0 Å². The first-order valence-corrected chi connectivity index (χ1v) is 6.01. The molecule has 1 aromatic rings. The van der Waals surface area contributed by atoms with E-state index in [0.717, 1.165) is 11.5 Å². The van der Waals surface area contributed by atoms with Crippen molar-refractivity contribution in [3.8, 4) is 11.5 Å². The van der Waals surface area contributed by atoms with E-state index in [-0.39, 0.29) is 11.0 Å². The van der Waals surface area contributed by atoms with E-state index in [1.807, 2.05) is 12.1 Å². The number of benzene rings is 1. The fraction of sp³-hybridized carbons (Fsp3) is 0.600. The molecule has 0 radical (unpaired) electrons. The van der Waals surface area contributed by atoms with E-state index in [4.69, 9.17) is 9.47 Å². The summed E-state index contributed by atoms with van der Waals surface area (Å²) in [6, 6.07) is 5.99. The second kappa shape index (κ2) is 4.59. The first-order chi connectivity index (χ1) is 7.63. The molecule has 0 saturated carbocycles. The van der Waals surface area contributed by atoms with Gasteiger partial charge in [0.1, 0.15) is 17.1 Å². The molecule has 0 spiro atoms.